The van der Waals surface area contributed by atoms with Crippen molar-refractivity contribution in [1.82, 2.24) is 0 Å². The van der Waals surface area contributed by atoms with Crippen LogP contribution in [0.4, 0.5) is 28.9 Å². The Balaban J connectivity index is 2.46. The van der Waals surface area contributed by atoms with Gasteiger partial charge in [-0.25, -0.2) is 12.8 Å². The monoisotopic (exact) mass is 418 g/mol. The summed E-state index contributed by atoms with van der Waals surface area (Å²) in [5.41, 5.74) is -1.95. The quantitative estimate of drug-likeness (QED) is 0.721. The zero-order valence-electron chi connectivity index (χ0n) is 15.0. The van der Waals surface area contributed by atoms with Crippen LogP contribution in [0, 0.1) is 5.82 Å². The molecule has 1 amide bonds. The fourth-order valence-corrected chi connectivity index (χ4v) is 3.93. The number of sulfonamides is 1. The number of hydrogen-bond acceptors (Lipinski definition) is 3. The highest BCUT2D eigenvalue weighted by Crippen LogP contribution is 2.35. The van der Waals surface area contributed by atoms with Crippen LogP contribution < -0.4 is 9.62 Å². The van der Waals surface area contributed by atoms with Gasteiger partial charge in [0.2, 0.25) is 15.9 Å². The molecular formula is C18H18F4N2O3S. The molecule has 1 atom stereocenters. The molecule has 28 heavy (non-hydrogen) atoms. The first-order chi connectivity index (χ1) is 13.0. The van der Waals surface area contributed by atoms with E-state index < -0.39 is 45.2 Å². The minimum absolute atomic E-state index is 0.0958. The van der Waals surface area contributed by atoms with E-state index in [0.29, 0.717) is 4.31 Å². The average molecular weight is 418 g/mol. The van der Waals surface area contributed by atoms with Crippen molar-refractivity contribution in [2.45, 2.75) is 25.6 Å². The molecule has 0 aliphatic heterocycles. The molecule has 0 bridgehead atoms. The van der Waals surface area contributed by atoms with Gasteiger partial charge in [0, 0.05) is 0 Å². The van der Waals surface area contributed by atoms with Gasteiger partial charge in [-0.05, 0) is 30.7 Å². The van der Waals surface area contributed by atoms with E-state index in [-0.39, 0.29) is 12.1 Å². The zero-order valence-corrected chi connectivity index (χ0v) is 15.8. The number of benzene rings is 2. The normalized spacial score (nSPS) is 13.1. The Hall–Kier alpha value is -2.62. The van der Waals surface area contributed by atoms with Crippen LogP contribution >= 0.6 is 0 Å². The highest BCUT2D eigenvalue weighted by atomic mass is 32.2. The highest BCUT2D eigenvalue weighted by Gasteiger charge is 2.36. The number of hydrogen-bond donors (Lipinski definition) is 1. The van der Waals surface area contributed by atoms with Crippen molar-refractivity contribution < 1.29 is 30.8 Å². The lowest BCUT2D eigenvalue weighted by Gasteiger charge is -2.30. The van der Waals surface area contributed by atoms with Crippen LogP contribution in [0.15, 0.2) is 48.5 Å². The summed E-state index contributed by atoms with van der Waals surface area (Å²) in [6, 6.07) is 7.80. The molecule has 2 rings (SSSR count). The van der Waals surface area contributed by atoms with Crippen molar-refractivity contribution in [1.29, 1.82) is 0 Å². The minimum atomic E-state index is -4.71. The summed E-state index contributed by atoms with van der Waals surface area (Å²) in [6.07, 6.45) is -4.02. The van der Waals surface area contributed by atoms with Crippen molar-refractivity contribution in [2.75, 3.05) is 15.9 Å². The molecular weight excluding hydrogens is 400 g/mol. The van der Waals surface area contributed by atoms with Crippen molar-refractivity contribution in [3.63, 3.8) is 0 Å². The number of para-hydroxylation sites is 2. The molecule has 0 aliphatic carbocycles. The Morgan fingerprint density at radius 3 is 2.21 bits per heavy atom. The summed E-state index contributed by atoms with van der Waals surface area (Å²) >= 11 is 0. The molecule has 0 fully saturated rings. The Morgan fingerprint density at radius 1 is 1.11 bits per heavy atom. The van der Waals surface area contributed by atoms with Crippen LogP contribution in [0.25, 0.3) is 0 Å². The molecule has 0 saturated heterocycles. The number of carbonyl (C=O) groups excluding carboxylic acids is 1. The van der Waals surface area contributed by atoms with Gasteiger partial charge in [0.05, 0.1) is 23.2 Å². The first-order valence-corrected chi connectivity index (χ1v) is 10.0. The van der Waals surface area contributed by atoms with Crippen molar-refractivity contribution in [3.8, 4) is 0 Å². The second kappa shape index (κ2) is 8.17. The van der Waals surface area contributed by atoms with Gasteiger partial charge in [-0.15, -0.1) is 0 Å². The molecule has 0 spiro atoms. The van der Waals surface area contributed by atoms with E-state index in [1.54, 1.807) is 0 Å². The third-order valence-electron chi connectivity index (χ3n) is 3.91. The molecule has 0 aromatic heterocycles. The maximum absolute atomic E-state index is 14.2. The average Bonchev–Trinajstić information content (AvgIpc) is 2.59. The zero-order chi connectivity index (χ0) is 21.1. The number of anilines is 2. The standard InChI is InChI=1S/C18H18F4N2O3S/c1-3-15(24(28(2,26)27)16-11-7-5-9-13(16)19)17(25)23-14-10-6-4-8-12(14)18(20,21)22/h4-11,15H,3H2,1-2H3,(H,23,25)/t15-/m1/s1. The lowest BCUT2D eigenvalue weighted by Crippen LogP contribution is -2.47. The van der Waals surface area contributed by atoms with Crippen LogP contribution in [-0.4, -0.2) is 26.6 Å². The molecule has 0 unspecified atom stereocenters. The first-order valence-electron chi connectivity index (χ1n) is 8.17. The number of alkyl halides is 3. The third kappa shape index (κ3) is 4.80. The molecule has 0 heterocycles. The van der Waals surface area contributed by atoms with E-state index in [0.717, 1.165) is 30.5 Å². The van der Waals surface area contributed by atoms with Gasteiger partial charge in [-0.3, -0.25) is 9.10 Å². The van der Waals surface area contributed by atoms with E-state index in [9.17, 15) is 30.8 Å². The molecule has 10 heteroatoms. The van der Waals surface area contributed by atoms with Crippen LogP contribution in [0.2, 0.25) is 0 Å². The summed E-state index contributed by atoms with van der Waals surface area (Å²) in [4.78, 5) is 12.7. The molecule has 2 aromatic carbocycles. The van der Waals surface area contributed by atoms with Crippen LogP contribution in [0.1, 0.15) is 18.9 Å². The maximum atomic E-state index is 14.2. The molecule has 5 nitrogen and oxygen atoms in total. The predicted octanol–water partition coefficient (Wildman–Crippen LogP) is 4.03. The molecule has 0 radical (unpaired) electrons. The largest absolute Gasteiger partial charge is 0.418 e. The van der Waals surface area contributed by atoms with E-state index in [1.165, 1.54) is 31.2 Å². The number of carbonyl (C=O) groups is 1. The summed E-state index contributed by atoms with van der Waals surface area (Å²) < 4.78 is 78.7. The van der Waals surface area contributed by atoms with Gasteiger partial charge in [0.1, 0.15) is 11.9 Å². The van der Waals surface area contributed by atoms with Crippen LogP contribution in [-0.2, 0) is 21.0 Å². The third-order valence-corrected chi connectivity index (χ3v) is 5.08. The molecule has 0 saturated carbocycles. The van der Waals surface area contributed by atoms with Gasteiger partial charge in [-0.2, -0.15) is 13.2 Å². The fraction of sp³-hybridized carbons (Fsp3) is 0.278. The number of halogens is 4. The van der Waals surface area contributed by atoms with Gasteiger partial charge >= 0.3 is 6.18 Å². The van der Waals surface area contributed by atoms with Crippen molar-refractivity contribution >= 4 is 27.3 Å². The first kappa shape index (κ1) is 21.7. The van der Waals surface area contributed by atoms with Gasteiger partial charge in [0.15, 0.2) is 0 Å². The number of amides is 1. The Morgan fingerprint density at radius 2 is 1.68 bits per heavy atom. The number of nitrogens with zero attached hydrogens (tertiary/aromatic N) is 1. The smallest absolute Gasteiger partial charge is 0.324 e. The molecule has 1 N–H and O–H groups in total. The van der Waals surface area contributed by atoms with Gasteiger partial charge < -0.3 is 5.32 Å². The Labute approximate surface area is 160 Å². The Bertz CT molecular complexity index is 961. The van der Waals surface area contributed by atoms with Crippen LogP contribution in [0.3, 0.4) is 0 Å². The predicted molar refractivity (Wildman–Crippen MR) is 97.9 cm³/mol. The highest BCUT2D eigenvalue weighted by molar-refractivity contribution is 7.92. The van der Waals surface area contributed by atoms with E-state index in [2.05, 4.69) is 5.32 Å². The molecule has 0 aliphatic rings. The van der Waals surface area contributed by atoms with Crippen LogP contribution in [0.5, 0.6) is 0 Å². The van der Waals surface area contributed by atoms with Gasteiger partial charge in [0.25, 0.3) is 0 Å². The van der Waals surface area contributed by atoms with Gasteiger partial charge in [-0.1, -0.05) is 31.2 Å². The van der Waals surface area contributed by atoms with E-state index in [4.69, 9.17) is 0 Å². The number of nitrogens with one attached hydrogen (secondary N) is 1. The summed E-state index contributed by atoms with van der Waals surface area (Å²) in [5.74, 6) is -1.89. The fourth-order valence-electron chi connectivity index (χ4n) is 2.72. The lowest BCUT2D eigenvalue weighted by molar-refractivity contribution is -0.137. The van der Waals surface area contributed by atoms with E-state index >= 15 is 0 Å². The SMILES string of the molecule is CC[C@H](C(=O)Nc1ccccc1C(F)(F)F)N(c1ccccc1F)S(C)(=O)=O. The minimum Gasteiger partial charge on any atom is -0.324 e. The number of rotatable bonds is 6. The van der Waals surface area contributed by atoms with E-state index in [1.807, 2.05) is 0 Å². The second-order valence-corrected chi connectivity index (χ2v) is 7.83. The second-order valence-electron chi connectivity index (χ2n) is 5.97. The van der Waals surface area contributed by atoms with Crippen molar-refractivity contribution in [3.05, 3.63) is 59.9 Å². The lowest BCUT2D eigenvalue weighted by atomic mass is 10.1. The molecule has 152 valence electrons. The summed E-state index contributed by atoms with van der Waals surface area (Å²) in [5, 5.41) is 2.12. The molecule has 2 aromatic rings. The Kier molecular flexibility index (Phi) is 6.33. The summed E-state index contributed by atoms with van der Waals surface area (Å²) in [6.45, 7) is 1.47. The maximum Gasteiger partial charge on any atom is 0.418 e. The summed E-state index contributed by atoms with van der Waals surface area (Å²) in [7, 11) is -4.12. The van der Waals surface area contributed by atoms with Crippen molar-refractivity contribution in [2.24, 2.45) is 0 Å². The topological polar surface area (TPSA) is 66.5 Å².